The van der Waals surface area contributed by atoms with E-state index in [4.69, 9.17) is 5.84 Å². The Balaban J connectivity index is 2.67. The van der Waals surface area contributed by atoms with Crippen molar-refractivity contribution >= 4 is 0 Å². The number of hydrogen-bond donors (Lipinski definition) is 2. The van der Waals surface area contributed by atoms with Crippen LogP contribution in [0.1, 0.15) is 24.4 Å². The lowest BCUT2D eigenvalue weighted by Gasteiger charge is -2.15. The van der Waals surface area contributed by atoms with Crippen LogP contribution in [0.5, 0.6) is 5.75 Å². The third kappa shape index (κ3) is 4.50. The van der Waals surface area contributed by atoms with E-state index in [1.165, 1.54) is 12.1 Å². The van der Waals surface area contributed by atoms with Crippen molar-refractivity contribution in [1.82, 2.24) is 5.43 Å². The van der Waals surface area contributed by atoms with Crippen LogP contribution >= 0.6 is 0 Å². The van der Waals surface area contributed by atoms with Crippen molar-refractivity contribution in [2.45, 2.75) is 25.5 Å². The van der Waals surface area contributed by atoms with E-state index < -0.39 is 6.61 Å². The summed E-state index contributed by atoms with van der Waals surface area (Å²) in [5.41, 5.74) is 3.60. The molecule has 0 amide bonds. The zero-order valence-corrected chi connectivity index (χ0v) is 9.40. The molecule has 17 heavy (non-hydrogen) atoms. The molecule has 5 heteroatoms. The summed E-state index contributed by atoms with van der Waals surface area (Å²) < 4.78 is 28.2. The molecule has 0 fully saturated rings. The highest BCUT2D eigenvalue weighted by molar-refractivity contribution is 5.29. The van der Waals surface area contributed by atoms with E-state index >= 15 is 0 Å². The van der Waals surface area contributed by atoms with Crippen molar-refractivity contribution in [2.75, 3.05) is 0 Å². The highest BCUT2D eigenvalue weighted by Gasteiger charge is 2.09. The number of rotatable bonds is 7. The van der Waals surface area contributed by atoms with Gasteiger partial charge in [-0.3, -0.25) is 11.3 Å². The molecule has 3 nitrogen and oxygen atoms in total. The maximum atomic E-state index is 11.9. The van der Waals surface area contributed by atoms with E-state index in [-0.39, 0.29) is 11.8 Å². The van der Waals surface area contributed by atoms with Crippen LogP contribution in [0.25, 0.3) is 0 Å². The Labute approximate surface area is 99.2 Å². The van der Waals surface area contributed by atoms with Crippen LogP contribution in [0.4, 0.5) is 8.78 Å². The first kappa shape index (κ1) is 13.6. The maximum absolute atomic E-state index is 11.9. The summed E-state index contributed by atoms with van der Waals surface area (Å²) in [6.07, 6.45) is 3.43. The van der Waals surface area contributed by atoms with Gasteiger partial charge in [-0.25, -0.2) is 0 Å². The first-order valence-electron chi connectivity index (χ1n) is 5.29. The predicted molar refractivity (Wildman–Crippen MR) is 62.6 cm³/mol. The fraction of sp³-hybridized carbons (Fsp3) is 0.333. The minimum atomic E-state index is -2.80. The molecule has 0 saturated heterocycles. The third-order valence-corrected chi connectivity index (χ3v) is 2.37. The smallest absolute Gasteiger partial charge is 0.387 e. The largest absolute Gasteiger partial charge is 0.435 e. The Kier molecular flexibility index (Phi) is 5.59. The van der Waals surface area contributed by atoms with Crippen molar-refractivity contribution in [3.8, 4) is 5.75 Å². The molecule has 1 aromatic carbocycles. The molecule has 1 unspecified atom stereocenters. The minimum Gasteiger partial charge on any atom is -0.435 e. The standard InChI is InChI=1S/C12H16F2N2O/c1-2-3-4-11(16-15)9-5-7-10(8-6-9)17-12(13)14/h2,5-8,11-12,16H,1,3-4,15H2. The molecule has 1 atom stereocenters. The molecule has 0 aromatic heterocycles. The van der Waals surface area contributed by atoms with E-state index in [9.17, 15) is 8.78 Å². The molecular weight excluding hydrogens is 226 g/mol. The van der Waals surface area contributed by atoms with Crippen molar-refractivity contribution < 1.29 is 13.5 Å². The second kappa shape index (κ2) is 6.98. The Morgan fingerprint density at radius 1 is 1.35 bits per heavy atom. The number of halogens is 2. The summed E-state index contributed by atoms with van der Waals surface area (Å²) in [7, 11) is 0. The number of alkyl halides is 2. The van der Waals surface area contributed by atoms with E-state index in [1.807, 2.05) is 0 Å². The van der Waals surface area contributed by atoms with E-state index in [0.717, 1.165) is 18.4 Å². The second-order valence-corrected chi connectivity index (χ2v) is 3.53. The van der Waals surface area contributed by atoms with Crippen LogP contribution in [0.2, 0.25) is 0 Å². The highest BCUT2D eigenvalue weighted by Crippen LogP contribution is 2.21. The molecule has 1 aromatic rings. The predicted octanol–water partition coefficient (Wildman–Crippen LogP) is 2.76. The van der Waals surface area contributed by atoms with Gasteiger partial charge in [0.25, 0.3) is 0 Å². The Morgan fingerprint density at radius 3 is 2.47 bits per heavy atom. The van der Waals surface area contributed by atoms with Crippen LogP contribution in [-0.4, -0.2) is 6.61 Å². The summed E-state index contributed by atoms with van der Waals surface area (Å²) >= 11 is 0. The number of benzene rings is 1. The Bertz CT molecular complexity index is 341. The number of nitrogens with one attached hydrogen (secondary N) is 1. The number of nitrogens with two attached hydrogens (primary N) is 1. The maximum Gasteiger partial charge on any atom is 0.387 e. The van der Waals surface area contributed by atoms with Gasteiger partial charge < -0.3 is 4.74 Å². The van der Waals surface area contributed by atoms with E-state index in [0.29, 0.717) is 0 Å². The molecule has 94 valence electrons. The number of hydrogen-bond acceptors (Lipinski definition) is 3. The first-order chi connectivity index (χ1) is 8.17. The van der Waals surface area contributed by atoms with Gasteiger partial charge in [0.1, 0.15) is 5.75 Å². The minimum absolute atomic E-state index is 0.0198. The van der Waals surface area contributed by atoms with Gasteiger partial charge in [-0.05, 0) is 30.5 Å². The summed E-state index contributed by atoms with van der Waals surface area (Å²) in [6.45, 7) is 0.835. The molecule has 0 spiro atoms. The molecule has 0 saturated carbocycles. The lowest BCUT2D eigenvalue weighted by atomic mass is 10.0. The normalized spacial score (nSPS) is 12.5. The lowest BCUT2D eigenvalue weighted by molar-refractivity contribution is -0.0498. The van der Waals surface area contributed by atoms with Gasteiger partial charge in [0, 0.05) is 6.04 Å². The zero-order valence-electron chi connectivity index (χ0n) is 9.40. The third-order valence-electron chi connectivity index (χ3n) is 2.37. The fourth-order valence-corrected chi connectivity index (χ4v) is 1.51. The molecule has 1 rings (SSSR count). The summed E-state index contributed by atoms with van der Waals surface area (Å²) in [4.78, 5) is 0. The lowest BCUT2D eigenvalue weighted by Crippen LogP contribution is -2.27. The van der Waals surface area contributed by atoms with Crippen LogP contribution < -0.4 is 16.0 Å². The average Bonchev–Trinajstić information content (AvgIpc) is 2.31. The van der Waals surface area contributed by atoms with Gasteiger partial charge in [-0.2, -0.15) is 8.78 Å². The number of ether oxygens (including phenoxy) is 1. The van der Waals surface area contributed by atoms with Crippen molar-refractivity contribution in [1.29, 1.82) is 0 Å². The van der Waals surface area contributed by atoms with Gasteiger partial charge >= 0.3 is 6.61 Å². The average molecular weight is 242 g/mol. The topological polar surface area (TPSA) is 47.3 Å². The van der Waals surface area contributed by atoms with Gasteiger partial charge in [-0.1, -0.05) is 18.2 Å². The van der Waals surface area contributed by atoms with Gasteiger partial charge in [0.15, 0.2) is 0 Å². The summed E-state index contributed by atoms with van der Waals surface area (Å²) in [5, 5.41) is 0. The Hall–Kier alpha value is -1.46. The SMILES string of the molecule is C=CCCC(NN)c1ccc(OC(F)F)cc1. The molecule has 0 bridgehead atoms. The number of allylic oxidation sites excluding steroid dienone is 1. The first-order valence-corrected chi connectivity index (χ1v) is 5.29. The van der Waals surface area contributed by atoms with Crippen LogP contribution in [-0.2, 0) is 0 Å². The molecule has 0 aliphatic heterocycles. The van der Waals surface area contributed by atoms with Crippen molar-refractivity contribution in [2.24, 2.45) is 5.84 Å². The van der Waals surface area contributed by atoms with Gasteiger partial charge in [0.2, 0.25) is 0 Å². The van der Waals surface area contributed by atoms with Crippen molar-refractivity contribution in [3.63, 3.8) is 0 Å². The monoisotopic (exact) mass is 242 g/mol. The Morgan fingerprint density at radius 2 is 2.00 bits per heavy atom. The molecule has 0 heterocycles. The van der Waals surface area contributed by atoms with Crippen molar-refractivity contribution in [3.05, 3.63) is 42.5 Å². The van der Waals surface area contributed by atoms with Gasteiger partial charge in [0.05, 0.1) is 0 Å². The van der Waals surface area contributed by atoms with Crippen LogP contribution in [0, 0.1) is 0 Å². The number of hydrazine groups is 1. The van der Waals surface area contributed by atoms with E-state index in [2.05, 4.69) is 16.7 Å². The van der Waals surface area contributed by atoms with Crippen LogP contribution in [0.3, 0.4) is 0 Å². The van der Waals surface area contributed by atoms with Crippen LogP contribution in [0.15, 0.2) is 36.9 Å². The summed E-state index contributed by atoms with van der Waals surface area (Å²) in [6, 6.07) is 6.41. The molecule has 3 N–H and O–H groups in total. The molecule has 0 aliphatic rings. The zero-order chi connectivity index (χ0) is 12.7. The molecule has 0 aliphatic carbocycles. The van der Waals surface area contributed by atoms with Gasteiger partial charge in [-0.15, -0.1) is 6.58 Å². The fourth-order valence-electron chi connectivity index (χ4n) is 1.51. The molecular formula is C12H16F2N2O. The highest BCUT2D eigenvalue weighted by atomic mass is 19.3. The summed E-state index contributed by atoms with van der Waals surface area (Å²) in [5.74, 6) is 5.57. The molecule has 0 radical (unpaired) electrons. The quantitative estimate of drug-likeness (QED) is 0.439. The second-order valence-electron chi connectivity index (χ2n) is 3.53. The van der Waals surface area contributed by atoms with E-state index in [1.54, 1.807) is 18.2 Å².